The molecule has 140 valence electrons. The minimum absolute atomic E-state index is 0.136. The van der Waals surface area contributed by atoms with E-state index in [1.807, 2.05) is 12.1 Å². The van der Waals surface area contributed by atoms with E-state index in [0.717, 1.165) is 55.9 Å². The number of piperazine rings is 1. The summed E-state index contributed by atoms with van der Waals surface area (Å²) in [6.45, 7) is 4.87. The molecule has 8 heteroatoms. The number of nitro benzene ring substituents is 1. The topological polar surface area (TPSA) is 81.2 Å². The van der Waals surface area contributed by atoms with Gasteiger partial charge in [-0.15, -0.1) is 0 Å². The van der Waals surface area contributed by atoms with Gasteiger partial charge in [0.1, 0.15) is 0 Å². The molecule has 0 spiro atoms. The monoisotopic (exact) mass is 383 g/mol. The Morgan fingerprint density at radius 2 is 1.70 bits per heavy atom. The average Bonchev–Trinajstić information content (AvgIpc) is 3.06. The summed E-state index contributed by atoms with van der Waals surface area (Å²) in [4.78, 5) is 21.5. The molecule has 27 heavy (non-hydrogen) atoms. The standard InChI is InChI=1S/C19H21N5O2S/c25-24(26)16-4-2-15(3-5-16)23-11-9-22(10-12-23)8-7-14-1-6-17-18(13-14)21-19(27)20-17/h1-6,13H,7-12H2,(H2,20,21,27). The number of aromatic nitrogens is 2. The van der Waals surface area contributed by atoms with Gasteiger partial charge in [-0.1, -0.05) is 6.07 Å². The molecule has 2 N–H and O–H groups in total. The van der Waals surface area contributed by atoms with Crippen LogP contribution in [-0.4, -0.2) is 52.5 Å². The van der Waals surface area contributed by atoms with Crippen LogP contribution >= 0.6 is 12.2 Å². The van der Waals surface area contributed by atoms with Crippen molar-refractivity contribution in [3.8, 4) is 0 Å². The van der Waals surface area contributed by atoms with E-state index in [2.05, 4.69) is 38.0 Å². The van der Waals surface area contributed by atoms with Crippen molar-refractivity contribution >= 4 is 34.6 Å². The van der Waals surface area contributed by atoms with E-state index in [9.17, 15) is 10.1 Å². The number of benzene rings is 2. The Morgan fingerprint density at radius 1 is 1.00 bits per heavy atom. The highest BCUT2D eigenvalue weighted by atomic mass is 32.1. The van der Waals surface area contributed by atoms with Crippen molar-refractivity contribution in [2.45, 2.75) is 6.42 Å². The second kappa shape index (κ2) is 7.50. The van der Waals surface area contributed by atoms with Crippen molar-refractivity contribution in [2.75, 3.05) is 37.6 Å². The molecule has 0 saturated carbocycles. The molecule has 1 saturated heterocycles. The summed E-state index contributed by atoms with van der Waals surface area (Å²) in [6, 6.07) is 13.2. The minimum Gasteiger partial charge on any atom is -0.369 e. The summed E-state index contributed by atoms with van der Waals surface area (Å²) < 4.78 is 0.657. The highest BCUT2D eigenvalue weighted by Gasteiger charge is 2.17. The predicted molar refractivity (Wildman–Crippen MR) is 109 cm³/mol. The fourth-order valence-electron chi connectivity index (χ4n) is 3.54. The van der Waals surface area contributed by atoms with E-state index >= 15 is 0 Å². The van der Waals surface area contributed by atoms with Gasteiger partial charge in [-0.3, -0.25) is 15.0 Å². The molecule has 0 unspecified atom stereocenters. The van der Waals surface area contributed by atoms with Crippen LogP contribution in [0.5, 0.6) is 0 Å². The zero-order valence-electron chi connectivity index (χ0n) is 14.9. The number of anilines is 1. The first kappa shape index (κ1) is 17.7. The van der Waals surface area contributed by atoms with Crippen LogP contribution in [0.2, 0.25) is 0 Å². The summed E-state index contributed by atoms with van der Waals surface area (Å²) in [5.41, 5.74) is 4.58. The number of hydrogen-bond donors (Lipinski definition) is 2. The number of hydrogen-bond acceptors (Lipinski definition) is 5. The first-order valence-corrected chi connectivity index (χ1v) is 9.42. The van der Waals surface area contributed by atoms with Crippen molar-refractivity contribution in [1.29, 1.82) is 0 Å². The first-order valence-electron chi connectivity index (χ1n) is 9.01. The molecule has 1 aliphatic heterocycles. The van der Waals surface area contributed by atoms with Crippen LogP contribution in [0.1, 0.15) is 5.56 Å². The Balaban J connectivity index is 1.31. The molecule has 0 bridgehead atoms. The van der Waals surface area contributed by atoms with E-state index in [4.69, 9.17) is 12.2 Å². The van der Waals surface area contributed by atoms with Gasteiger partial charge in [0, 0.05) is 50.5 Å². The smallest absolute Gasteiger partial charge is 0.269 e. The van der Waals surface area contributed by atoms with E-state index in [0.29, 0.717) is 4.77 Å². The van der Waals surface area contributed by atoms with Gasteiger partial charge in [0.2, 0.25) is 0 Å². The van der Waals surface area contributed by atoms with Crippen LogP contribution in [0.15, 0.2) is 42.5 Å². The van der Waals surface area contributed by atoms with Gasteiger partial charge in [0.15, 0.2) is 4.77 Å². The van der Waals surface area contributed by atoms with Gasteiger partial charge >= 0.3 is 0 Å². The zero-order valence-corrected chi connectivity index (χ0v) is 15.7. The van der Waals surface area contributed by atoms with E-state index in [1.54, 1.807) is 12.1 Å². The Bertz CT molecular complexity index is 1000. The molecule has 0 atom stereocenters. The number of nitrogens with zero attached hydrogens (tertiary/aromatic N) is 3. The number of rotatable bonds is 5. The summed E-state index contributed by atoms with van der Waals surface area (Å²) in [7, 11) is 0. The second-order valence-corrected chi connectivity index (χ2v) is 7.22. The lowest BCUT2D eigenvalue weighted by molar-refractivity contribution is -0.384. The zero-order chi connectivity index (χ0) is 18.8. The van der Waals surface area contributed by atoms with Gasteiger partial charge in [-0.05, 0) is 48.5 Å². The maximum absolute atomic E-state index is 10.8. The first-order chi connectivity index (χ1) is 13.1. The fraction of sp³-hybridized carbons (Fsp3) is 0.316. The average molecular weight is 383 g/mol. The lowest BCUT2D eigenvalue weighted by Crippen LogP contribution is -2.47. The lowest BCUT2D eigenvalue weighted by Gasteiger charge is -2.36. The van der Waals surface area contributed by atoms with Crippen LogP contribution in [0.4, 0.5) is 11.4 Å². The number of nitro groups is 1. The Labute approximate surface area is 161 Å². The summed E-state index contributed by atoms with van der Waals surface area (Å²) in [6.07, 6.45) is 0.999. The third-order valence-electron chi connectivity index (χ3n) is 5.10. The fourth-order valence-corrected chi connectivity index (χ4v) is 3.76. The minimum atomic E-state index is -0.361. The van der Waals surface area contributed by atoms with Crippen LogP contribution in [0.25, 0.3) is 11.0 Å². The highest BCUT2D eigenvalue weighted by molar-refractivity contribution is 7.71. The number of H-pyrrole nitrogens is 2. The largest absolute Gasteiger partial charge is 0.369 e. The highest BCUT2D eigenvalue weighted by Crippen LogP contribution is 2.21. The maximum Gasteiger partial charge on any atom is 0.269 e. The van der Waals surface area contributed by atoms with Crippen molar-refractivity contribution in [2.24, 2.45) is 0 Å². The van der Waals surface area contributed by atoms with Gasteiger partial charge in [-0.2, -0.15) is 0 Å². The lowest BCUT2D eigenvalue weighted by atomic mass is 10.1. The molecule has 4 rings (SSSR count). The van der Waals surface area contributed by atoms with Crippen molar-refractivity contribution in [1.82, 2.24) is 14.9 Å². The number of imidazole rings is 1. The van der Waals surface area contributed by atoms with Crippen LogP contribution < -0.4 is 4.90 Å². The number of fused-ring (bicyclic) bond motifs is 1. The van der Waals surface area contributed by atoms with Gasteiger partial charge in [-0.25, -0.2) is 0 Å². The molecule has 0 amide bonds. The Hall–Kier alpha value is -2.71. The van der Waals surface area contributed by atoms with E-state index in [-0.39, 0.29) is 10.6 Å². The summed E-state index contributed by atoms with van der Waals surface area (Å²) in [5.74, 6) is 0. The van der Waals surface area contributed by atoms with Gasteiger partial charge in [0.25, 0.3) is 5.69 Å². The van der Waals surface area contributed by atoms with E-state index < -0.39 is 0 Å². The van der Waals surface area contributed by atoms with Gasteiger partial charge < -0.3 is 14.9 Å². The van der Waals surface area contributed by atoms with Crippen LogP contribution in [0, 0.1) is 14.9 Å². The SMILES string of the molecule is O=[N+]([O-])c1ccc(N2CCN(CCc3ccc4[nH]c(=S)[nH]c4c3)CC2)cc1. The normalized spacial score (nSPS) is 15.3. The molecule has 2 aromatic carbocycles. The third-order valence-corrected chi connectivity index (χ3v) is 5.30. The molecular formula is C19H21N5O2S. The molecule has 3 aromatic rings. The van der Waals surface area contributed by atoms with Crippen molar-refractivity contribution < 1.29 is 4.92 Å². The Kier molecular flexibility index (Phi) is 4.91. The quantitative estimate of drug-likeness (QED) is 0.400. The third kappa shape index (κ3) is 4.01. The summed E-state index contributed by atoms with van der Waals surface area (Å²) >= 11 is 5.14. The van der Waals surface area contributed by atoms with E-state index in [1.165, 1.54) is 5.56 Å². The molecule has 0 aliphatic carbocycles. The summed E-state index contributed by atoms with van der Waals surface area (Å²) in [5, 5.41) is 10.8. The van der Waals surface area contributed by atoms with Gasteiger partial charge in [0.05, 0.1) is 16.0 Å². The van der Waals surface area contributed by atoms with Crippen LogP contribution in [0.3, 0.4) is 0 Å². The van der Waals surface area contributed by atoms with Crippen molar-refractivity contribution in [3.63, 3.8) is 0 Å². The molecule has 1 aliphatic rings. The molecular weight excluding hydrogens is 362 g/mol. The number of aromatic amines is 2. The molecule has 1 aromatic heterocycles. The Morgan fingerprint density at radius 3 is 2.41 bits per heavy atom. The molecule has 7 nitrogen and oxygen atoms in total. The number of nitrogens with one attached hydrogen (secondary N) is 2. The second-order valence-electron chi connectivity index (χ2n) is 6.81. The van der Waals surface area contributed by atoms with Crippen molar-refractivity contribution in [3.05, 3.63) is 62.9 Å². The van der Waals surface area contributed by atoms with Crippen LogP contribution in [-0.2, 0) is 6.42 Å². The molecule has 0 radical (unpaired) electrons. The predicted octanol–water partition coefficient (Wildman–Crippen LogP) is 3.50. The maximum atomic E-state index is 10.8. The molecule has 2 heterocycles. The number of non-ortho nitro benzene ring substituents is 1. The molecule has 1 fully saturated rings.